The van der Waals surface area contributed by atoms with Gasteiger partial charge >= 0.3 is 0 Å². The van der Waals surface area contributed by atoms with Crippen LogP contribution in [0.3, 0.4) is 0 Å². The van der Waals surface area contributed by atoms with Gasteiger partial charge in [0.2, 0.25) is 0 Å². The van der Waals surface area contributed by atoms with Crippen molar-refractivity contribution in [3.8, 4) is 0 Å². The molecule has 6 heteroatoms. The molecule has 1 aliphatic heterocycles. The number of nitrogens with zero attached hydrogens (tertiary/aromatic N) is 3. The molecule has 1 aromatic carbocycles. The van der Waals surface area contributed by atoms with Crippen LogP contribution < -0.4 is 5.32 Å². The maximum absolute atomic E-state index is 12.1. The van der Waals surface area contributed by atoms with E-state index in [4.69, 9.17) is 0 Å². The fourth-order valence-corrected chi connectivity index (χ4v) is 2.90. The van der Waals surface area contributed by atoms with E-state index in [2.05, 4.69) is 32.6 Å². The molecule has 1 atom stereocenters. The third-order valence-corrected chi connectivity index (χ3v) is 4.03. The fraction of sp³-hybridized carbons (Fsp3) is 0.533. The number of hydrogen-bond donors (Lipinski definition) is 2. The van der Waals surface area contributed by atoms with Crippen molar-refractivity contribution < 1.29 is 4.79 Å². The maximum atomic E-state index is 12.1. The number of likely N-dealkylation sites (tertiary alicyclic amines) is 1. The quantitative estimate of drug-likeness (QED) is 0.892. The molecular formula is C15H21N5O. The summed E-state index contributed by atoms with van der Waals surface area (Å²) in [6.45, 7) is 6.18. The highest BCUT2D eigenvalue weighted by atomic mass is 16.1. The van der Waals surface area contributed by atoms with Crippen LogP contribution in [0.1, 0.15) is 30.1 Å². The van der Waals surface area contributed by atoms with Crippen LogP contribution in [-0.2, 0) is 0 Å². The number of carbonyl (C=O) groups is 1. The number of amides is 1. The smallest absolute Gasteiger partial charge is 0.251 e. The van der Waals surface area contributed by atoms with Gasteiger partial charge in [0.25, 0.3) is 5.91 Å². The first-order valence-corrected chi connectivity index (χ1v) is 7.53. The summed E-state index contributed by atoms with van der Waals surface area (Å²) in [6, 6.07) is 5.35. The molecule has 112 valence electrons. The molecule has 2 aromatic rings. The second-order valence-electron chi connectivity index (χ2n) is 5.83. The second kappa shape index (κ2) is 6.22. The Morgan fingerprint density at radius 2 is 2.29 bits per heavy atom. The van der Waals surface area contributed by atoms with Crippen molar-refractivity contribution in [3.63, 3.8) is 0 Å². The number of aromatic amines is 1. The number of hydrogen-bond acceptors (Lipinski definition) is 4. The minimum atomic E-state index is -0.0510. The molecule has 1 aliphatic rings. The van der Waals surface area contributed by atoms with Gasteiger partial charge in [-0.15, -0.1) is 0 Å². The van der Waals surface area contributed by atoms with Crippen molar-refractivity contribution in [2.45, 2.75) is 19.8 Å². The molecular weight excluding hydrogens is 266 g/mol. The third kappa shape index (κ3) is 3.39. The summed E-state index contributed by atoms with van der Waals surface area (Å²) >= 11 is 0. The lowest BCUT2D eigenvalue weighted by molar-refractivity contribution is 0.0944. The molecule has 2 N–H and O–H groups in total. The van der Waals surface area contributed by atoms with Crippen LogP contribution in [0.5, 0.6) is 0 Å². The largest absolute Gasteiger partial charge is 0.351 e. The zero-order valence-electron chi connectivity index (χ0n) is 12.3. The Labute approximate surface area is 123 Å². The average molecular weight is 287 g/mol. The minimum absolute atomic E-state index is 0.0510. The van der Waals surface area contributed by atoms with Crippen LogP contribution in [0.4, 0.5) is 0 Å². The van der Waals surface area contributed by atoms with Gasteiger partial charge in [-0.05, 0) is 43.5 Å². The van der Waals surface area contributed by atoms with E-state index in [0.717, 1.165) is 31.1 Å². The van der Waals surface area contributed by atoms with E-state index in [1.165, 1.54) is 12.8 Å². The molecule has 3 rings (SSSR count). The van der Waals surface area contributed by atoms with Crippen molar-refractivity contribution in [1.29, 1.82) is 0 Å². The van der Waals surface area contributed by atoms with E-state index < -0.39 is 0 Å². The van der Waals surface area contributed by atoms with Crippen molar-refractivity contribution in [2.75, 3.05) is 26.2 Å². The first-order chi connectivity index (χ1) is 10.2. The van der Waals surface area contributed by atoms with Crippen LogP contribution in [0.25, 0.3) is 11.0 Å². The second-order valence-corrected chi connectivity index (χ2v) is 5.83. The van der Waals surface area contributed by atoms with Gasteiger partial charge in [-0.2, -0.15) is 15.4 Å². The predicted octanol–water partition coefficient (Wildman–Crippen LogP) is 1.42. The Hall–Kier alpha value is -1.95. The molecule has 0 radical (unpaired) electrons. The monoisotopic (exact) mass is 287 g/mol. The zero-order valence-corrected chi connectivity index (χ0v) is 12.3. The minimum Gasteiger partial charge on any atom is -0.351 e. The molecule has 0 saturated carbocycles. The van der Waals surface area contributed by atoms with E-state index in [-0.39, 0.29) is 5.91 Å². The van der Waals surface area contributed by atoms with Crippen LogP contribution >= 0.6 is 0 Å². The predicted molar refractivity (Wildman–Crippen MR) is 81.1 cm³/mol. The zero-order chi connectivity index (χ0) is 14.7. The lowest BCUT2D eigenvalue weighted by Gasteiger charge is -2.30. The number of rotatable bonds is 4. The number of benzene rings is 1. The van der Waals surface area contributed by atoms with Gasteiger partial charge in [-0.1, -0.05) is 6.92 Å². The molecule has 21 heavy (non-hydrogen) atoms. The SMILES string of the molecule is CC1CCCN(CCNC(=O)c2ccc3n[nH]nc3c2)C1. The highest BCUT2D eigenvalue weighted by Gasteiger charge is 2.16. The average Bonchev–Trinajstić information content (AvgIpc) is 2.94. The van der Waals surface area contributed by atoms with Gasteiger partial charge in [0.1, 0.15) is 11.0 Å². The summed E-state index contributed by atoms with van der Waals surface area (Å²) < 4.78 is 0. The number of aromatic nitrogens is 3. The molecule has 2 heterocycles. The van der Waals surface area contributed by atoms with Gasteiger partial charge in [-0.3, -0.25) is 4.79 Å². The van der Waals surface area contributed by atoms with E-state index in [0.29, 0.717) is 17.6 Å². The van der Waals surface area contributed by atoms with Gasteiger partial charge in [0, 0.05) is 25.2 Å². The number of H-pyrrole nitrogens is 1. The number of piperidine rings is 1. The number of carbonyl (C=O) groups excluding carboxylic acids is 1. The Morgan fingerprint density at radius 1 is 1.43 bits per heavy atom. The topological polar surface area (TPSA) is 73.9 Å². The van der Waals surface area contributed by atoms with Crippen LogP contribution in [0.2, 0.25) is 0 Å². The van der Waals surface area contributed by atoms with Crippen LogP contribution in [0.15, 0.2) is 18.2 Å². The van der Waals surface area contributed by atoms with Gasteiger partial charge < -0.3 is 10.2 Å². The summed E-state index contributed by atoms with van der Waals surface area (Å²) in [5.74, 6) is 0.717. The Morgan fingerprint density at radius 3 is 3.14 bits per heavy atom. The summed E-state index contributed by atoms with van der Waals surface area (Å²) in [6.07, 6.45) is 2.58. The van der Waals surface area contributed by atoms with Crippen LogP contribution in [-0.4, -0.2) is 52.4 Å². The highest BCUT2D eigenvalue weighted by molar-refractivity contribution is 5.97. The van der Waals surface area contributed by atoms with Gasteiger partial charge in [-0.25, -0.2) is 0 Å². The molecule has 1 aromatic heterocycles. The summed E-state index contributed by atoms with van der Waals surface area (Å²) in [5, 5.41) is 13.5. The Balaban J connectivity index is 1.51. The Bertz CT molecular complexity index is 623. The summed E-state index contributed by atoms with van der Waals surface area (Å²) in [4.78, 5) is 14.6. The molecule has 0 bridgehead atoms. The van der Waals surface area contributed by atoms with Crippen LogP contribution in [0, 0.1) is 5.92 Å². The normalized spacial score (nSPS) is 19.8. The first kappa shape index (κ1) is 14.0. The lowest BCUT2D eigenvalue weighted by Crippen LogP contribution is -2.40. The lowest BCUT2D eigenvalue weighted by atomic mass is 10.0. The van der Waals surface area contributed by atoms with Crippen molar-refractivity contribution in [2.24, 2.45) is 5.92 Å². The standard InChI is InChI=1S/C15H21N5O/c1-11-3-2-7-20(10-11)8-6-16-15(21)12-4-5-13-14(9-12)18-19-17-13/h4-5,9,11H,2-3,6-8,10H2,1H3,(H,16,21)(H,17,18,19). The van der Waals surface area contributed by atoms with Crippen molar-refractivity contribution in [1.82, 2.24) is 25.6 Å². The van der Waals surface area contributed by atoms with Crippen molar-refractivity contribution in [3.05, 3.63) is 23.8 Å². The van der Waals surface area contributed by atoms with E-state index in [1.807, 2.05) is 0 Å². The van der Waals surface area contributed by atoms with Gasteiger partial charge in [0.05, 0.1) is 0 Å². The summed E-state index contributed by atoms with van der Waals surface area (Å²) in [5.41, 5.74) is 2.12. The molecule has 0 aliphatic carbocycles. The summed E-state index contributed by atoms with van der Waals surface area (Å²) in [7, 11) is 0. The van der Waals surface area contributed by atoms with Crippen molar-refractivity contribution >= 4 is 16.9 Å². The maximum Gasteiger partial charge on any atom is 0.251 e. The Kier molecular flexibility index (Phi) is 4.15. The highest BCUT2D eigenvalue weighted by Crippen LogP contribution is 2.14. The number of fused-ring (bicyclic) bond motifs is 1. The van der Waals surface area contributed by atoms with E-state index in [1.54, 1.807) is 18.2 Å². The van der Waals surface area contributed by atoms with Gasteiger partial charge in [0.15, 0.2) is 0 Å². The van der Waals surface area contributed by atoms with E-state index in [9.17, 15) is 4.79 Å². The molecule has 6 nitrogen and oxygen atoms in total. The first-order valence-electron chi connectivity index (χ1n) is 7.53. The van der Waals surface area contributed by atoms with E-state index >= 15 is 0 Å². The third-order valence-electron chi connectivity index (χ3n) is 4.03. The molecule has 1 unspecified atom stereocenters. The number of nitrogens with one attached hydrogen (secondary N) is 2. The fourth-order valence-electron chi connectivity index (χ4n) is 2.90. The molecule has 1 saturated heterocycles. The molecule has 1 fully saturated rings. The molecule has 0 spiro atoms. The molecule has 1 amide bonds.